The summed E-state index contributed by atoms with van der Waals surface area (Å²) in [5.41, 5.74) is 10.3. The summed E-state index contributed by atoms with van der Waals surface area (Å²) >= 11 is 0. The monoisotopic (exact) mass is 460 g/mol. The maximum absolute atomic E-state index is 9.12. The van der Waals surface area contributed by atoms with Crippen LogP contribution in [0.4, 0.5) is 11.5 Å². The number of nitrogens with zero attached hydrogens (tertiary/aromatic N) is 2. The molecule has 4 aromatic rings. The van der Waals surface area contributed by atoms with E-state index in [0.29, 0.717) is 11.8 Å². The van der Waals surface area contributed by atoms with E-state index in [2.05, 4.69) is 27.4 Å². The molecule has 0 radical (unpaired) electrons. The molecule has 2 heterocycles. The summed E-state index contributed by atoms with van der Waals surface area (Å²) < 4.78 is 6.28. The van der Waals surface area contributed by atoms with Gasteiger partial charge in [-0.15, -0.1) is 0 Å². The van der Waals surface area contributed by atoms with Gasteiger partial charge in [0.1, 0.15) is 24.5 Å². The third-order valence-corrected chi connectivity index (χ3v) is 5.80. The van der Waals surface area contributed by atoms with E-state index >= 15 is 0 Å². The van der Waals surface area contributed by atoms with Gasteiger partial charge < -0.3 is 25.7 Å². The highest BCUT2D eigenvalue weighted by Crippen LogP contribution is 2.43. The van der Waals surface area contributed by atoms with E-state index in [0.717, 1.165) is 39.3 Å². The Bertz CT molecular complexity index is 1230. The summed E-state index contributed by atoms with van der Waals surface area (Å²) in [5.74, 6) is 0.460. The fourth-order valence-corrected chi connectivity index (χ4v) is 4.20. The molecule has 34 heavy (non-hydrogen) atoms. The SMILES string of the molecule is Nc1ccc(-c2c(-c3ccccc3)oc3ncnc(NC4CCCCC4)c23)cc1.O=C(O)CO. The standard InChI is InChI=1S/C24H24N4O.C2H4O3/c25-18-13-11-16(12-14-18)20-21-23(28-19-9-5-2-6-10-19)26-15-27-24(21)29-22(20)17-7-3-1-4-8-17;3-1-2(4)5/h1,3-4,7-8,11-15,19H,2,5-6,9-10,25H2,(H,26,27,28);3H,1H2,(H,4,5). The number of aliphatic hydroxyl groups excluding tert-OH is 1. The number of furan rings is 1. The lowest BCUT2D eigenvalue weighted by atomic mass is 9.95. The third kappa shape index (κ3) is 5.35. The molecule has 0 saturated heterocycles. The first-order chi connectivity index (χ1) is 16.6. The Labute approximate surface area is 197 Å². The summed E-state index contributed by atoms with van der Waals surface area (Å²) in [6.07, 6.45) is 7.77. The van der Waals surface area contributed by atoms with Gasteiger partial charge in [-0.05, 0) is 30.5 Å². The molecule has 8 nitrogen and oxygen atoms in total. The molecule has 2 aromatic carbocycles. The topological polar surface area (TPSA) is 134 Å². The van der Waals surface area contributed by atoms with E-state index in [1.165, 1.54) is 32.1 Å². The molecule has 0 atom stereocenters. The van der Waals surface area contributed by atoms with Crippen LogP contribution >= 0.6 is 0 Å². The van der Waals surface area contributed by atoms with Crippen molar-refractivity contribution >= 4 is 28.6 Å². The fourth-order valence-electron chi connectivity index (χ4n) is 4.20. The van der Waals surface area contributed by atoms with Crippen LogP contribution in [0.1, 0.15) is 32.1 Å². The second-order valence-electron chi connectivity index (χ2n) is 8.23. The van der Waals surface area contributed by atoms with Gasteiger partial charge in [0, 0.05) is 22.9 Å². The number of aliphatic hydroxyl groups is 1. The molecule has 0 bridgehead atoms. The highest BCUT2D eigenvalue weighted by molar-refractivity contribution is 6.06. The summed E-state index contributed by atoms with van der Waals surface area (Å²) in [6.45, 7) is -0.778. The van der Waals surface area contributed by atoms with Gasteiger partial charge in [0.05, 0.1) is 5.39 Å². The molecule has 176 valence electrons. The van der Waals surface area contributed by atoms with E-state index in [4.69, 9.17) is 25.2 Å². The first kappa shape index (κ1) is 23.3. The Hall–Kier alpha value is -3.91. The van der Waals surface area contributed by atoms with Gasteiger partial charge in [-0.2, -0.15) is 0 Å². The van der Waals surface area contributed by atoms with Gasteiger partial charge >= 0.3 is 5.97 Å². The van der Waals surface area contributed by atoms with Crippen molar-refractivity contribution < 1.29 is 19.4 Å². The maximum Gasteiger partial charge on any atom is 0.329 e. The van der Waals surface area contributed by atoms with Gasteiger partial charge in [-0.25, -0.2) is 14.8 Å². The Morgan fingerprint density at radius 2 is 1.68 bits per heavy atom. The number of hydrogen-bond donors (Lipinski definition) is 4. The second-order valence-corrected chi connectivity index (χ2v) is 8.23. The molecule has 2 aromatic heterocycles. The van der Waals surface area contributed by atoms with Gasteiger partial charge in [0.15, 0.2) is 0 Å². The molecule has 0 unspecified atom stereocenters. The summed E-state index contributed by atoms with van der Waals surface area (Å²) in [6, 6.07) is 18.5. The summed E-state index contributed by atoms with van der Waals surface area (Å²) in [4.78, 5) is 18.2. The zero-order chi connectivity index (χ0) is 23.9. The van der Waals surface area contributed by atoms with E-state index in [-0.39, 0.29) is 0 Å². The molecule has 8 heteroatoms. The second kappa shape index (κ2) is 10.8. The average Bonchev–Trinajstić information content (AvgIpc) is 3.27. The van der Waals surface area contributed by atoms with Gasteiger partial charge in [0.25, 0.3) is 0 Å². The van der Waals surface area contributed by atoms with E-state index in [9.17, 15) is 0 Å². The molecule has 0 amide bonds. The lowest BCUT2D eigenvalue weighted by Crippen LogP contribution is -2.23. The first-order valence-electron chi connectivity index (χ1n) is 11.3. The van der Waals surface area contributed by atoms with E-state index < -0.39 is 12.6 Å². The average molecular weight is 461 g/mol. The lowest BCUT2D eigenvalue weighted by Gasteiger charge is -2.23. The Morgan fingerprint density at radius 3 is 2.32 bits per heavy atom. The van der Waals surface area contributed by atoms with Crippen molar-refractivity contribution in [3.63, 3.8) is 0 Å². The predicted molar refractivity (Wildman–Crippen MR) is 132 cm³/mol. The molecular formula is C26H28N4O4. The number of hydrogen-bond acceptors (Lipinski definition) is 7. The normalized spacial score (nSPS) is 13.8. The van der Waals surface area contributed by atoms with Crippen molar-refractivity contribution in [2.45, 2.75) is 38.1 Å². The molecule has 1 saturated carbocycles. The molecule has 1 aliphatic rings. The van der Waals surface area contributed by atoms with Crippen molar-refractivity contribution in [2.75, 3.05) is 17.7 Å². The minimum Gasteiger partial charge on any atom is -0.480 e. The van der Waals surface area contributed by atoms with E-state index in [1.54, 1.807) is 6.33 Å². The molecular weight excluding hydrogens is 432 g/mol. The predicted octanol–water partition coefficient (Wildman–Crippen LogP) is 4.95. The molecule has 5 rings (SSSR count). The highest BCUT2D eigenvalue weighted by Gasteiger charge is 2.23. The van der Waals surface area contributed by atoms with Crippen LogP contribution in [0.3, 0.4) is 0 Å². The number of aliphatic carboxylic acids is 1. The highest BCUT2D eigenvalue weighted by atomic mass is 16.4. The number of aromatic nitrogens is 2. The number of carboxylic acid groups (broad SMARTS) is 1. The number of nitrogens with one attached hydrogen (secondary N) is 1. The smallest absolute Gasteiger partial charge is 0.329 e. The van der Waals surface area contributed by atoms with Crippen molar-refractivity contribution in [1.29, 1.82) is 0 Å². The lowest BCUT2D eigenvalue weighted by molar-refractivity contribution is -0.140. The molecule has 0 spiro atoms. The maximum atomic E-state index is 9.12. The van der Waals surface area contributed by atoms with Gasteiger partial charge in [0.2, 0.25) is 5.71 Å². The van der Waals surface area contributed by atoms with Crippen molar-refractivity contribution in [3.8, 4) is 22.5 Å². The minimum atomic E-state index is -1.19. The van der Waals surface area contributed by atoms with Crippen LogP contribution < -0.4 is 11.1 Å². The van der Waals surface area contributed by atoms with Gasteiger partial charge in [-0.1, -0.05) is 61.7 Å². The number of carbonyl (C=O) groups is 1. The van der Waals surface area contributed by atoms with Crippen LogP contribution in [0.25, 0.3) is 33.6 Å². The molecule has 1 fully saturated rings. The summed E-state index contributed by atoms with van der Waals surface area (Å²) in [7, 11) is 0. The fraction of sp³-hybridized carbons (Fsp3) is 0.269. The van der Waals surface area contributed by atoms with Crippen LogP contribution in [0.2, 0.25) is 0 Å². The third-order valence-electron chi connectivity index (χ3n) is 5.80. The van der Waals surface area contributed by atoms with Crippen LogP contribution in [-0.2, 0) is 4.79 Å². The quantitative estimate of drug-likeness (QED) is 0.307. The summed E-state index contributed by atoms with van der Waals surface area (Å²) in [5, 5.41) is 19.6. The van der Waals surface area contributed by atoms with Crippen LogP contribution in [0.5, 0.6) is 0 Å². The van der Waals surface area contributed by atoms with Gasteiger partial charge in [-0.3, -0.25) is 0 Å². The number of rotatable bonds is 5. The number of carboxylic acids is 1. The van der Waals surface area contributed by atoms with Crippen LogP contribution in [0, 0.1) is 0 Å². The van der Waals surface area contributed by atoms with E-state index in [1.807, 2.05) is 42.5 Å². The minimum absolute atomic E-state index is 0.441. The Morgan fingerprint density at radius 1 is 1.00 bits per heavy atom. The number of nitrogens with two attached hydrogens (primary N) is 1. The molecule has 1 aliphatic carbocycles. The largest absolute Gasteiger partial charge is 0.480 e. The van der Waals surface area contributed by atoms with Crippen molar-refractivity contribution in [1.82, 2.24) is 9.97 Å². The first-order valence-corrected chi connectivity index (χ1v) is 11.3. The van der Waals surface area contributed by atoms with Crippen molar-refractivity contribution in [3.05, 3.63) is 60.9 Å². The number of nitrogen functional groups attached to an aromatic ring is 1. The number of fused-ring (bicyclic) bond motifs is 1. The van der Waals surface area contributed by atoms with Crippen molar-refractivity contribution in [2.24, 2.45) is 0 Å². The molecule has 5 N–H and O–H groups in total. The molecule has 0 aliphatic heterocycles. The van der Waals surface area contributed by atoms with Crippen LogP contribution in [0.15, 0.2) is 65.3 Å². The zero-order valence-electron chi connectivity index (χ0n) is 18.8. The zero-order valence-corrected chi connectivity index (χ0v) is 18.8. The Kier molecular flexibility index (Phi) is 7.39. The Balaban J connectivity index is 0.000000499. The van der Waals surface area contributed by atoms with Crippen LogP contribution in [-0.4, -0.2) is 38.8 Å². The number of benzene rings is 2. The number of anilines is 2.